The minimum Gasteiger partial charge on any atom is -0.351 e. The van der Waals surface area contributed by atoms with E-state index in [1.54, 1.807) is 0 Å². The molecule has 0 aliphatic heterocycles. The lowest BCUT2D eigenvalue weighted by molar-refractivity contribution is -0.126. The maximum atomic E-state index is 11.8. The summed E-state index contributed by atoms with van der Waals surface area (Å²) in [4.78, 5) is 11.8. The summed E-state index contributed by atoms with van der Waals surface area (Å²) in [5.74, 6) is 0.131. The van der Waals surface area contributed by atoms with Crippen molar-refractivity contribution in [2.45, 2.75) is 51.5 Å². The Labute approximate surface area is 86.4 Å². The molecular weight excluding hydrogens is 176 g/mol. The number of carbonyl (C=O) groups excluding carboxylic acids is 1. The summed E-state index contributed by atoms with van der Waals surface area (Å²) < 4.78 is 0. The fraction of sp³-hybridized carbons (Fsp3) is 0.909. The fourth-order valence-corrected chi connectivity index (χ4v) is 2.14. The quantitative estimate of drug-likeness (QED) is 0.718. The Bertz CT molecular complexity index is 193. The van der Waals surface area contributed by atoms with Gasteiger partial charge in [0.2, 0.25) is 5.91 Å². The number of hydrogen-bond acceptors (Lipinski definition) is 2. The van der Waals surface area contributed by atoms with E-state index >= 15 is 0 Å². The number of amides is 1. The van der Waals surface area contributed by atoms with E-state index in [1.807, 2.05) is 6.92 Å². The Balaban J connectivity index is 2.46. The van der Waals surface area contributed by atoms with E-state index in [2.05, 4.69) is 12.2 Å². The van der Waals surface area contributed by atoms with Gasteiger partial charge in [-0.25, -0.2) is 0 Å². The zero-order chi connectivity index (χ0) is 10.6. The molecule has 0 bridgehead atoms. The highest BCUT2D eigenvalue weighted by Gasteiger charge is 2.31. The second-order valence-corrected chi connectivity index (χ2v) is 4.60. The average Bonchev–Trinajstić information content (AvgIpc) is 2.54. The zero-order valence-electron chi connectivity index (χ0n) is 9.31. The number of nitrogens with two attached hydrogens (primary N) is 1. The average molecular weight is 198 g/mol. The molecule has 3 heteroatoms. The third-order valence-electron chi connectivity index (χ3n) is 3.28. The third kappa shape index (κ3) is 2.71. The first-order chi connectivity index (χ1) is 6.61. The van der Waals surface area contributed by atoms with Crippen LogP contribution in [0.4, 0.5) is 0 Å². The van der Waals surface area contributed by atoms with E-state index in [9.17, 15) is 4.79 Å². The van der Waals surface area contributed by atoms with Crippen LogP contribution in [0.5, 0.6) is 0 Å². The molecule has 3 nitrogen and oxygen atoms in total. The molecule has 0 aromatic carbocycles. The summed E-state index contributed by atoms with van der Waals surface area (Å²) in [5.41, 5.74) is 5.58. The van der Waals surface area contributed by atoms with Gasteiger partial charge in [-0.15, -0.1) is 0 Å². The van der Waals surface area contributed by atoms with Crippen LogP contribution in [-0.4, -0.2) is 18.0 Å². The Hall–Kier alpha value is -0.570. The Kier molecular flexibility index (Phi) is 3.93. The van der Waals surface area contributed by atoms with Crippen molar-refractivity contribution in [3.8, 4) is 0 Å². The molecule has 3 N–H and O–H groups in total. The van der Waals surface area contributed by atoms with E-state index in [0.29, 0.717) is 6.54 Å². The van der Waals surface area contributed by atoms with Crippen molar-refractivity contribution in [1.29, 1.82) is 0 Å². The van der Waals surface area contributed by atoms with Crippen LogP contribution >= 0.6 is 0 Å². The van der Waals surface area contributed by atoms with Crippen LogP contribution in [-0.2, 0) is 4.79 Å². The zero-order valence-corrected chi connectivity index (χ0v) is 9.31. The molecule has 14 heavy (non-hydrogen) atoms. The topological polar surface area (TPSA) is 55.1 Å². The van der Waals surface area contributed by atoms with Gasteiger partial charge in [-0.1, -0.05) is 19.8 Å². The highest BCUT2D eigenvalue weighted by Crippen LogP contribution is 2.29. The van der Waals surface area contributed by atoms with Gasteiger partial charge >= 0.3 is 0 Å². The maximum absolute atomic E-state index is 11.8. The highest BCUT2D eigenvalue weighted by molar-refractivity contribution is 5.79. The monoisotopic (exact) mass is 198 g/mol. The molecule has 0 radical (unpaired) electrons. The van der Waals surface area contributed by atoms with Crippen LogP contribution in [0.1, 0.15) is 46.0 Å². The molecule has 1 aliphatic carbocycles. The van der Waals surface area contributed by atoms with E-state index in [-0.39, 0.29) is 17.4 Å². The van der Waals surface area contributed by atoms with Crippen molar-refractivity contribution in [2.75, 3.05) is 6.54 Å². The lowest BCUT2D eigenvalue weighted by Gasteiger charge is -2.27. The van der Waals surface area contributed by atoms with E-state index in [4.69, 9.17) is 5.73 Å². The first kappa shape index (κ1) is 11.5. The molecule has 0 aromatic heterocycles. The first-order valence-corrected chi connectivity index (χ1v) is 5.63. The molecule has 1 fully saturated rings. The molecule has 0 aromatic rings. The van der Waals surface area contributed by atoms with Gasteiger partial charge in [0.15, 0.2) is 0 Å². The van der Waals surface area contributed by atoms with E-state index in [1.165, 1.54) is 12.8 Å². The number of carbonyl (C=O) groups is 1. The van der Waals surface area contributed by atoms with Gasteiger partial charge in [-0.05, 0) is 26.2 Å². The standard InChI is InChI=1S/C11H22N2O/c1-3-9(8-12)10(14)13-11(2)6-4-5-7-11/h9H,3-8,12H2,1-2H3,(H,13,14). The summed E-state index contributed by atoms with van der Waals surface area (Å²) in [6.07, 6.45) is 5.52. The Morgan fingerprint density at radius 2 is 2.07 bits per heavy atom. The predicted octanol–water partition coefficient (Wildman–Crippen LogP) is 1.42. The molecule has 1 amide bonds. The smallest absolute Gasteiger partial charge is 0.224 e. The summed E-state index contributed by atoms with van der Waals surface area (Å²) >= 11 is 0. The van der Waals surface area contributed by atoms with Crippen molar-refractivity contribution >= 4 is 5.91 Å². The lowest BCUT2D eigenvalue weighted by Crippen LogP contribution is -2.47. The first-order valence-electron chi connectivity index (χ1n) is 5.63. The van der Waals surface area contributed by atoms with Gasteiger partial charge < -0.3 is 11.1 Å². The second kappa shape index (κ2) is 4.78. The molecule has 0 spiro atoms. The van der Waals surface area contributed by atoms with Gasteiger partial charge in [0.1, 0.15) is 0 Å². The molecular formula is C11H22N2O. The molecule has 1 saturated carbocycles. The molecule has 1 aliphatic rings. The third-order valence-corrected chi connectivity index (χ3v) is 3.28. The van der Waals surface area contributed by atoms with Crippen LogP contribution in [0, 0.1) is 5.92 Å². The van der Waals surface area contributed by atoms with E-state index in [0.717, 1.165) is 19.3 Å². The van der Waals surface area contributed by atoms with Crippen LogP contribution < -0.4 is 11.1 Å². The van der Waals surface area contributed by atoms with Gasteiger partial charge in [-0.3, -0.25) is 4.79 Å². The SMILES string of the molecule is CCC(CN)C(=O)NC1(C)CCCC1. The highest BCUT2D eigenvalue weighted by atomic mass is 16.2. The molecule has 1 unspecified atom stereocenters. The Morgan fingerprint density at radius 1 is 1.50 bits per heavy atom. The minimum absolute atomic E-state index is 0.00701. The van der Waals surface area contributed by atoms with Gasteiger partial charge in [0.25, 0.3) is 0 Å². The summed E-state index contributed by atoms with van der Waals surface area (Å²) in [5, 5.41) is 3.14. The van der Waals surface area contributed by atoms with Crippen LogP contribution in [0.25, 0.3) is 0 Å². The predicted molar refractivity (Wildman–Crippen MR) is 57.9 cm³/mol. The molecule has 0 saturated heterocycles. The van der Waals surface area contributed by atoms with Crippen molar-refractivity contribution in [1.82, 2.24) is 5.32 Å². The largest absolute Gasteiger partial charge is 0.351 e. The summed E-state index contributed by atoms with van der Waals surface area (Å²) in [6.45, 7) is 4.60. The fourth-order valence-electron chi connectivity index (χ4n) is 2.14. The number of nitrogens with one attached hydrogen (secondary N) is 1. The van der Waals surface area contributed by atoms with Crippen molar-refractivity contribution in [3.05, 3.63) is 0 Å². The van der Waals surface area contributed by atoms with Crippen molar-refractivity contribution in [2.24, 2.45) is 11.7 Å². The van der Waals surface area contributed by atoms with Crippen molar-refractivity contribution < 1.29 is 4.79 Å². The molecule has 1 rings (SSSR count). The summed E-state index contributed by atoms with van der Waals surface area (Å²) in [7, 11) is 0. The van der Waals surface area contributed by atoms with Gasteiger partial charge in [0.05, 0.1) is 0 Å². The van der Waals surface area contributed by atoms with Gasteiger partial charge in [-0.2, -0.15) is 0 Å². The number of hydrogen-bond donors (Lipinski definition) is 2. The second-order valence-electron chi connectivity index (χ2n) is 4.60. The molecule has 0 heterocycles. The lowest BCUT2D eigenvalue weighted by atomic mass is 9.98. The maximum Gasteiger partial charge on any atom is 0.224 e. The van der Waals surface area contributed by atoms with Crippen LogP contribution in [0.2, 0.25) is 0 Å². The molecule has 1 atom stereocenters. The molecule has 82 valence electrons. The number of rotatable bonds is 4. The Morgan fingerprint density at radius 3 is 2.50 bits per heavy atom. The normalized spacial score (nSPS) is 21.9. The summed E-state index contributed by atoms with van der Waals surface area (Å²) in [6, 6.07) is 0. The van der Waals surface area contributed by atoms with Crippen LogP contribution in [0.15, 0.2) is 0 Å². The van der Waals surface area contributed by atoms with E-state index < -0.39 is 0 Å². The van der Waals surface area contributed by atoms with Crippen LogP contribution in [0.3, 0.4) is 0 Å². The van der Waals surface area contributed by atoms with Crippen molar-refractivity contribution in [3.63, 3.8) is 0 Å². The minimum atomic E-state index is -0.00701. The van der Waals surface area contributed by atoms with Gasteiger partial charge in [0, 0.05) is 18.0 Å².